The molecule has 0 unspecified atom stereocenters. The van der Waals surface area contributed by atoms with E-state index in [0.29, 0.717) is 0 Å². The minimum atomic E-state index is -1.88. The molecule has 31 heavy (non-hydrogen) atoms. The second kappa shape index (κ2) is 10.7. The average Bonchev–Trinajstić information content (AvgIpc) is 3.05. The van der Waals surface area contributed by atoms with Crippen LogP contribution < -0.4 is 4.40 Å². The SMILES string of the molecule is CC(=O)/C=C(/C)O.[CH3][Ge]([CH3])([CH3])[c]1cccc2c1sc1cc(-c3[c-]cccc3)ncc12.[Ir]. The van der Waals surface area contributed by atoms with Gasteiger partial charge in [-0.1, -0.05) is 0 Å². The number of ketones is 1. The zero-order valence-corrected chi connectivity index (χ0v) is 23.6. The van der Waals surface area contributed by atoms with Crippen LogP contribution in [-0.4, -0.2) is 29.1 Å². The zero-order valence-electron chi connectivity index (χ0n) is 18.3. The largest absolute Gasteiger partial charge is 0 e. The van der Waals surface area contributed by atoms with Crippen molar-refractivity contribution in [1.29, 1.82) is 0 Å². The van der Waals surface area contributed by atoms with Gasteiger partial charge in [-0.15, -0.1) is 0 Å². The van der Waals surface area contributed by atoms with E-state index in [-0.39, 0.29) is 31.6 Å². The number of aromatic nitrogens is 1. The van der Waals surface area contributed by atoms with E-state index in [9.17, 15) is 4.79 Å². The maximum absolute atomic E-state index is 10.0. The summed E-state index contributed by atoms with van der Waals surface area (Å²) >= 11 is 0.0387. The Morgan fingerprint density at radius 1 is 1.10 bits per heavy atom. The molecule has 4 rings (SSSR count). The number of carbonyl (C=O) groups is 1. The molecule has 2 aromatic carbocycles. The van der Waals surface area contributed by atoms with Crippen LogP contribution in [0.2, 0.25) is 17.3 Å². The van der Waals surface area contributed by atoms with Gasteiger partial charge in [0.25, 0.3) is 0 Å². The van der Waals surface area contributed by atoms with Crippen molar-refractivity contribution >= 4 is 55.0 Å². The van der Waals surface area contributed by atoms with E-state index >= 15 is 0 Å². The molecule has 163 valence electrons. The van der Waals surface area contributed by atoms with Crippen LogP contribution in [0.3, 0.4) is 0 Å². The summed E-state index contributed by atoms with van der Waals surface area (Å²) < 4.78 is 4.38. The van der Waals surface area contributed by atoms with Crippen LogP contribution in [0.5, 0.6) is 0 Å². The number of benzene rings is 2. The normalized spacial score (nSPS) is 11.6. The first kappa shape index (κ1) is 25.5. The predicted octanol–water partition coefficient (Wildman–Crippen LogP) is 6.50. The summed E-state index contributed by atoms with van der Waals surface area (Å²) in [5, 5.41) is 11.0. The first-order valence-corrected chi connectivity index (χ1v) is 18.0. The van der Waals surface area contributed by atoms with Crippen LogP contribution in [0.15, 0.2) is 66.6 Å². The first-order chi connectivity index (χ1) is 14.2. The Morgan fingerprint density at radius 2 is 1.84 bits per heavy atom. The minimum absolute atomic E-state index is 0. The van der Waals surface area contributed by atoms with Crippen LogP contribution in [0.25, 0.3) is 31.4 Å². The number of thiophene rings is 1. The van der Waals surface area contributed by atoms with E-state index in [1.165, 1.54) is 40.1 Å². The summed E-state index contributed by atoms with van der Waals surface area (Å²) in [6.45, 7) is 2.85. The van der Waals surface area contributed by atoms with E-state index in [2.05, 4.69) is 58.7 Å². The van der Waals surface area contributed by atoms with Crippen molar-refractivity contribution in [3.8, 4) is 11.3 Å². The van der Waals surface area contributed by atoms with Crippen molar-refractivity contribution in [1.82, 2.24) is 4.98 Å². The average molecular weight is 669 g/mol. The third-order valence-electron chi connectivity index (χ3n) is 4.59. The van der Waals surface area contributed by atoms with E-state index in [1.807, 2.05) is 35.7 Å². The molecule has 1 radical (unpaired) electrons. The number of aliphatic hydroxyl groups is 1. The summed E-state index contributed by atoms with van der Waals surface area (Å²) in [4.78, 5) is 14.7. The number of pyridine rings is 1. The number of carbonyl (C=O) groups excluding carboxylic acids is 1. The number of aliphatic hydroxyl groups excluding tert-OH is 1. The Balaban J connectivity index is 0.000000373. The molecule has 0 aliphatic heterocycles. The summed E-state index contributed by atoms with van der Waals surface area (Å²) in [5.74, 6) is 7.32. The van der Waals surface area contributed by atoms with Gasteiger partial charge in [0.05, 0.1) is 5.76 Å². The van der Waals surface area contributed by atoms with Crippen LogP contribution in [0.1, 0.15) is 13.8 Å². The maximum Gasteiger partial charge on any atom is 0 e. The Morgan fingerprint density at radius 3 is 2.39 bits per heavy atom. The molecule has 0 spiro atoms. The molecule has 0 aliphatic carbocycles. The number of fused-ring (bicyclic) bond motifs is 3. The third kappa shape index (κ3) is 6.36. The molecule has 3 nitrogen and oxygen atoms in total. The molecule has 0 fully saturated rings. The molecule has 6 heteroatoms. The van der Waals surface area contributed by atoms with Crippen molar-refractivity contribution in [2.24, 2.45) is 0 Å². The van der Waals surface area contributed by atoms with Crippen molar-refractivity contribution in [3.05, 3.63) is 72.6 Å². The van der Waals surface area contributed by atoms with Gasteiger partial charge >= 0.3 is 143 Å². The van der Waals surface area contributed by atoms with Crippen LogP contribution in [0, 0.1) is 6.07 Å². The monoisotopic (exact) mass is 671 g/mol. The third-order valence-corrected chi connectivity index (χ3v) is 10.4. The summed E-state index contributed by atoms with van der Waals surface area (Å²) in [7, 11) is 0. The quantitative estimate of drug-likeness (QED) is 0.117. The number of rotatable bonds is 3. The van der Waals surface area contributed by atoms with Gasteiger partial charge in [-0.2, -0.15) is 0 Å². The number of allylic oxidation sites excluding steroid dienone is 2. The fourth-order valence-corrected chi connectivity index (χ4v) is 9.28. The molecule has 2 heterocycles. The van der Waals surface area contributed by atoms with Gasteiger partial charge in [0.15, 0.2) is 5.78 Å². The summed E-state index contributed by atoms with van der Waals surface area (Å²) in [6, 6.07) is 20.3. The molecule has 0 atom stereocenters. The van der Waals surface area contributed by atoms with Crippen molar-refractivity contribution in [2.75, 3.05) is 0 Å². The molecule has 4 aromatic rings. The predicted molar refractivity (Wildman–Crippen MR) is 131 cm³/mol. The van der Waals surface area contributed by atoms with E-state index in [4.69, 9.17) is 5.11 Å². The van der Waals surface area contributed by atoms with Crippen LogP contribution in [-0.2, 0) is 24.9 Å². The van der Waals surface area contributed by atoms with Crippen molar-refractivity contribution < 1.29 is 30.0 Å². The Hall–Kier alpha value is -1.79. The fraction of sp³-hybridized carbons (Fsp3) is 0.200. The zero-order chi connectivity index (χ0) is 21.9. The molecular weight excluding hydrogens is 643 g/mol. The molecule has 0 aliphatic rings. The van der Waals surface area contributed by atoms with E-state index in [1.54, 1.807) is 4.40 Å². The maximum atomic E-state index is 10.0. The van der Waals surface area contributed by atoms with Gasteiger partial charge in [-0.25, -0.2) is 0 Å². The van der Waals surface area contributed by atoms with E-state index in [0.717, 1.165) is 11.3 Å². The van der Waals surface area contributed by atoms with Gasteiger partial charge in [-0.3, -0.25) is 4.79 Å². The summed E-state index contributed by atoms with van der Waals surface area (Å²) in [6.07, 6.45) is 3.20. The molecule has 1 N–H and O–H groups in total. The minimum Gasteiger partial charge on any atom is 0 e. The molecule has 0 saturated carbocycles. The van der Waals surface area contributed by atoms with E-state index < -0.39 is 13.3 Å². The van der Waals surface area contributed by atoms with Gasteiger partial charge in [0, 0.05) is 26.2 Å². The summed E-state index contributed by atoms with van der Waals surface area (Å²) in [5.41, 5.74) is 2.06. The molecule has 0 amide bonds. The van der Waals surface area contributed by atoms with Gasteiger partial charge in [-0.05, 0) is 13.8 Å². The number of hydrogen-bond donors (Lipinski definition) is 1. The first-order valence-electron chi connectivity index (χ1n) is 9.83. The van der Waals surface area contributed by atoms with Gasteiger partial charge < -0.3 is 5.11 Å². The smallest absolute Gasteiger partial charge is 0 e. The fourth-order valence-electron chi connectivity index (χ4n) is 3.28. The Kier molecular flexibility index (Phi) is 8.78. The Bertz CT molecular complexity index is 1220. The van der Waals surface area contributed by atoms with Crippen LogP contribution in [0.4, 0.5) is 0 Å². The van der Waals surface area contributed by atoms with Crippen LogP contribution >= 0.6 is 11.3 Å². The second-order valence-electron chi connectivity index (χ2n) is 8.27. The molecule has 2 aromatic heterocycles. The number of nitrogens with zero attached hydrogens (tertiary/aromatic N) is 1. The number of hydrogen-bond acceptors (Lipinski definition) is 4. The van der Waals surface area contributed by atoms with Crippen molar-refractivity contribution in [2.45, 2.75) is 31.1 Å². The van der Waals surface area contributed by atoms with Gasteiger partial charge in [0.1, 0.15) is 0 Å². The molecule has 0 bridgehead atoms. The Labute approximate surface area is 203 Å². The van der Waals surface area contributed by atoms with Crippen molar-refractivity contribution in [3.63, 3.8) is 0 Å². The molecular formula is C25H26GeIrNO2S-. The second-order valence-corrected chi connectivity index (χ2v) is 19.9. The van der Waals surface area contributed by atoms with Gasteiger partial charge in [0.2, 0.25) is 0 Å². The molecule has 0 saturated heterocycles. The topological polar surface area (TPSA) is 50.2 Å². The standard InChI is InChI=1S/C20H18GeNS.C5H8O2.Ir/c1-21(2,3)17-11-7-10-15-16-13-22-18(12-19(16)23-20(15)17)14-8-5-4-6-9-14;1-4(6)3-5(2)7;/h4-8,10-13H,1-3H3;3,6H,1-2H3;/q-1;;/b;4-3-;.